The number of nitrogens with one attached hydrogen (secondary N) is 1. The van der Waals surface area contributed by atoms with Crippen molar-refractivity contribution in [3.63, 3.8) is 0 Å². The van der Waals surface area contributed by atoms with Crippen LogP contribution in [0.2, 0.25) is 0 Å². The second-order valence-electron chi connectivity index (χ2n) is 3.70. The molecule has 0 radical (unpaired) electrons. The zero-order chi connectivity index (χ0) is 9.94. The van der Waals surface area contributed by atoms with Crippen molar-refractivity contribution in [3.8, 4) is 0 Å². The van der Waals surface area contributed by atoms with Crippen LogP contribution in [0.1, 0.15) is 46.0 Å². The van der Waals surface area contributed by atoms with Crippen LogP contribution in [0.15, 0.2) is 0 Å². The molecule has 2 nitrogen and oxygen atoms in total. The van der Waals surface area contributed by atoms with Gasteiger partial charge in [-0.3, -0.25) is 0 Å². The number of hydrogen-bond donors (Lipinski definition) is 2. The first-order chi connectivity index (χ1) is 6.35. The van der Waals surface area contributed by atoms with E-state index in [4.69, 9.17) is 5.11 Å². The van der Waals surface area contributed by atoms with Crippen LogP contribution in [0, 0.1) is 5.92 Å². The molecule has 0 aliphatic rings. The van der Waals surface area contributed by atoms with Crippen molar-refractivity contribution < 1.29 is 5.11 Å². The van der Waals surface area contributed by atoms with Gasteiger partial charge in [-0.15, -0.1) is 0 Å². The molecule has 1 unspecified atom stereocenters. The lowest BCUT2D eigenvalue weighted by Gasteiger charge is -2.14. The van der Waals surface area contributed by atoms with Gasteiger partial charge in [-0.2, -0.15) is 0 Å². The maximum Gasteiger partial charge on any atom is 0.0443 e. The van der Waals surface area contributed by atoms with Gasteiger partial charge in [-0.1, -0.05) is 33.1 Å². The number of hydrogen-bond acceptors (Lipinski definition) is 2. The van der Waals surface area contributed by atoms with Crippen LogP contribution >= 0.6 is 0 Å². The van der Waals surface area contributed by atoms with Crippen molar-refractivity contribution in [3.05, 3.63) is 0 Å². The van der Waals surface area contributed by atoms with Gasteiger partial charge in [-0.05, 0) is 31.8 Å². The molecular formula is C11H25NO. The van der Waals surface area contributed by atoms with E-state index in [0.717, 1.165) is 25.4 Å². The quantitative estimate of drug-likeness (QED) is 0.542. The van der Waals surface area contributed by atoms with E-state index in [1.54, 1.807) is 0 Å². The van der Waals surface area contributed by atoms with Crippen molar-refractivity contribution in [1.82, 2.24) is 5.32 Å². The standard InChI is InChI=1S/C11H25NO/c1-3-5-7-11(4-2)10-12-8-6-9-13/h11-13H,3-10H2,1-2H3. The largest absolute Gasteiger partial charge is 0.396 e. The average Bonchev–Trinajstić information content (AvgIpc) is 2.17. The monoisotopic (exact) mass is 187 g/mol. The Bertz CT molecular complexity index is 96.1. The molecule has 0 saturated carbocycles. The highest BCUT2D eigenvalue weighted by atomic mass is 16.3. The first-order valence-corrected chi connectivity index (χ1v) is 5.66. The van der Waals surface area contributed by atoms with Crippen LogP contribution in [0.5, 0.6) is 0 Å². The third kappa shape index (κ3) is 8.26. The van der Waals surface area contributed by atoms with Crippen molar-refractivity contribution in [2.45, 2.75) is 46.0 Å². The molecule has 0 aliphatic carbocycles. The summed E-state index contributed by atoms with van der Waals surface area (Å²) in [4.78, 5) is 0. The van der Waals surface area contributed by atoms with Gasteiger partial charge in [0.25, 0.3) is 0 Å². The minimum absolute atomic E-state index is 0.304. The van der Waals surface area contributed by atoms with Crippen molar-refractivity contribution in [2.75, 3.05) is 19.7 Å². The van der Waals surface area contributed by atoms with Crippen molar-refractivity contribution in [1.29, 1.82) is 0 Å². The number of aliphatic hydroxyl groups is 1. The number of rotatable bonds is 9. The summed E-state index contributed by atoms with van der Waals surface area (Å²) in [6.07, 6.45) is 6.14. The van der Waals surface area contributed by atoms with E-state index in [-0.39, 0.29) is 0 Å². The van der Waals surface area contributed by atoms with E-state index >= 15 is 0 Å². The molecule has 80 valence electrons. The zero-order valence-corrected chi connectivity index (χ0v) is 9.18. The number of aliphatic hydroxyl groups excluding tert-OH is 1. The summed E-state index contributed by atoms with van der Waals surface area (Å²) >= 11 is 0. The molecule has 0 aromatic heterocycles. The Kier molecular flexibility index (Phi) is 9.94. The summed E-state index contributed by atoms with van der Waals surface area (Å²) in [6, 6.07) is 0. The molecule has 2 heteroatoms. The molecule has 13 heavy (non-hydrogen) atoms. The lowest BCUT2D eigenvalue weighted by atomic mass is 9.99. The zero-order valence-electron chi connectivity index (χ0n) is 9.18. The molecule has 0 saturated heterocycles. The first-order valence-electron chi connectivity index (χ1n) is 5.66. The van der Waals surface area contributed by atoms with Gasteiger partial charge in [0.05, 0.1) is 0 Å². The average molecular weight is 187 g/mol. The maximum atomic E-state index is 8.59. The predicted octanol–water partition coefficient (Wildman–Crippen LogP) is 2.17. The minimum Gasteiger partial charge on any atom is -0.396 e. The third-order valence-electron chi connectivity index (χ3n) is 2.49. The second kappa shape index (κ2) is 10.0. The van der Waals surface area contributed by atoms with E-state index in [2.05, 4.69) is 19.2 Å². The van der Waals surface area contributed by atoms with E-state index < -0.39 is 0 Å². The predicted molar refractivity (Wildman–Crippen MR) is 57.9 cm³/mol. The fraction of sp³-hybridized carbons (Fsp3) is 1.00. The van der Waals surface area contributed by atoms with Crippen LogP contribution in [0.25, 0.3) is 0 Å². The molecule has 0 bridgehead atoms. The normalized spacial score (nSPS) is 13.2. The number of unbranched alkanes of at least 4 members (excludes halogenated alkanes) is 1. The maximum absolute atomic E-state index is 8.59. The summed E-state index contributed by atoms with van der Waals surface area (Å²) in [5.41, 5.74) is 0. The van der Waals surface area contributed by atoms with Crippen molar-refractivity contribution in [2.24, 2.45) is 5.92 Å². The summed E-state index contributed by atoms with van der Waals surface area (Å²) < 4.78 is 0. The molecule has 0 aliphatic heterocycles. The summed E-state index contributed by atoms with van der Waals surface area (Å²) in [5.74, 6) is 0.832. The Hall–Kier alpha value is -0.0800. The van der Waals surface area contributed by atoms with E-state index in [1.807, 2.05) is 0 Å². The Morgan fingerprint density at radius 2 is 2.00 bits per heavy atom. The van der Waals surface area contributed by atoms with Gasteiger partial charge < -0.3 is 10.4 Å². The topological polar surface area (TPSA) is 32.3 Å². The minimum atomic E-state index is 0.304. The molecule has 0 fully saturated rings. The van der Waals surface area contributed by atoms with Gasteiger partial charge in [0, 0.05) is 6.61 Å². The van der Waals surface area contributed by atoms with E-state index in [0.29, 0.717) is 6.61 Å². The van der Waals surface area contributed by atoms with Gasteiger partial charge in [-0.25, -0.2) is 0 Å². The van der Waals surface area contributed by atoms with Gasteiger partial charge >= 0.3 is 0 Å². The van der Waals surface area contributed by atoms with Gasteiger partial charge in [0.1, 0.15) is 0 Å². The van der Waals surface area contributed by atoms with Crippen LogP contribution in [-0.4, -0.2) is 24.8 Å². The lowest BCUT2D eigenvalue weighted by molar-refractivity contribution is 0.283. The Morgan fingerprint density at radius 3 is 2.54 bits per heavy atom. The van der Waals surface area contributed by atoms with Gasteiger partial charge in [0.2, 0.25) is 0 Å². The van der Waals surface area contributed by atoms with Crippen LogP contribution in [-0.2, 0) is 0 Å². The lowest BCUT2D eigenvalue weighted by Crippen LogP contribution is -2.24. The molecule has 0 aromatic rings. The highest BCUT2D eigenvalue weighted by Gasteiger charge is 2.03. The third-order valence-corrected chi connectivity index (χ3v) is 2.49. The highest BCUT2D eigenvalue weighted by molar-refractivity contribution is 4.60. The molecule has 0 spiro atoms. The summed E-state index contributed by atoms with van der Waals surface area (Å²) in [5, 5.41) is 12.0. The molecule has 0 rings (SSSR count). The SMILES string of the molecule is CCCCC(CC)CNCCCO. The second-order valence-corrected chi connectivity index (χ2v) is 3.70. The van der Waals surface area contributed by atoms with Gasteiger partial charge in [0.15, 0.2) is 0 Å². The van der Waals surface area contributed by atoms with E-state index in [1.165, 1.54) is 25.7 Å². The Balaban J connectivity index is 3.25. The fourth-order valence-corrected chi connectivity index (χ4v) is 1.45. The fourth-order valence-electron chi connectivity index (χ4n) is 1.45. The molecule has 0 aromatic carbocycles. The van der Waals surface area contributed by atoms with Crippen LogP contribution in [0.3, 0.4) is 0 Å². The Morgan fingerprint density at radius 1 is 1.23 bits per heavy atom. The Labute approximate surface area is 82.7 Å². The van der Waals surface area contributed by atoms with Crippen LogP contribution < -0.4 is 5.32 Å². The summed E-state index contributed by atoms with van der Waals surface area (Å²) in [7, 11) is 0. The van der Waals surface area contributed by atoms with Crippen LogP contribution in [0.4, 0.5) is 0 Å². The highest BCUT2D eigenvalue weighted by Crippen LogP contribution is 2.10. The molecule has 1 atom stereocenters. The molecule has 0 heterocycles. The smallest absolute Gasteiger partial charge is 0.0443 e. The van der Waals surface area contributed by atoms with Crippen molar-refractivity contribution >= 4 is 0 Å². The van der Waals surface area contributed by atoms with E-state index in [9.17, 15) is 0 Å². The molecular weight excluding hydrogens is 162 g/mol. The molecule has 2 N–H and O–H groups in total. The first kappa shape index (κ1) is 12.9. The summed E-state index contributed by atoms with van der Waals surface area (Å²) in [6.45, 7) is 6.88. The molecule has 0 amide bonds.